The van der Waals surface area contributed by atoms with E-state index < -0.39 is 39.9 Å². The van der Waals surface area contributed by atoms with Crippen molar-refractivity contribution in [2.24, 2.45) is 11.8 Å². The van der Waals surface area contributed by atoms with E-state index >= 15 is 0 Å². The third-order valence-corrected chi connectivity index (χ3v) is 7.09. The lowest BCUT2D eigenvalue weighted by molar-refractivity contribution is -0.164. The molecule has 1 aliphatic carbocycles. The van der Waals surface area contributed by atoms with Gasteiger partial charge >= 0.3 is 6.18 Å². The molecule has 0 bridgehead atoms. The van der Waals surface area contributed by atoms with Crippen LogP contribution in [0.2, 0.25) is 0 Å². The first-order chi connectivity index (χ1) is 17.2. The molecule has 1 aliphatic rings. The van der Waals surface area contributed by atoms with Gasteiger partial charge in [-0.15, -0.1) is 0 Å². The second-order valence-electron chi connectivity index (χ2n) is 9.65. The molecule has 3 rings (SSSR count). The fraction of sp³-hybridized carbons (Fsp3) is 0.520. The number of anilines is 1. The van der Waals surface area contributed by atoms with Crippen LogP contribution < -0.4 is 14.8 Å². The summed E-state index contributed by atoms with van der Waals surface area (Å²) in [7, 11) is -3.74. The average Bonchev–Trinajstić information content (AvgIpc) is 2.81. The van der Waals surface area contributed by atoms with Crippen LogP contribution in [0.1, 0.15) is 62.6 Å². The zero-order chi connectivity index (χ0) is 27.4. The number of sulfonamides is 1. The van der Waals surface area contributed by atoms with Gasteiger partial charge in [0, 0.05) is 11.8 Å². The Morgan fingerprint density at radius 2 is 1.86 bits per heavy atom. The Labute approximate surface area is 214 Å². The third-order valence-electron chi connectivity index (χ3n) is 6.50. The summed E-state index contributed by atoms with van der Waals surface area (Å²) in [5.74, 6) is -2.48. The molecule has 1 heterocycles. The first-order valence-corrected chi connectivity index (χ1v) is 13.9. The number of pyridine rings is 1. The first kappa shape index (κ1) is 28.7. The summed E-state index contributed by atoms with van der Waals surface area (Å²) in [6.07, 6.45) is 1.24. The fourth-order valence-electron chi connectivity index (χ4n) is 4.27. The number of amides is 1. The fourth-order valence-corrected chi connectivity index (χ4v) is 4.84. The maximum absolute atomic E-state index is 14.4. The zero-order valence-corrected chi connectivity index (χ0v) is 21.6. The Bertz CT molecular complexity index is 1200. The molecule has 1 saturated carbocycles. The van der Waals surface area contributed by atoms with E-state index in [1.807, 2.05) is 10.0 Å². The summed E-state index contributed by atoms with van der Waals surface area (Å²) in [6, 6.07) is 3.43. The molecule has 1 amide bonds. The highest BCUT2D eigenvalue weighted by molar-refractivity contribution is 7.92. The SMILES string of the molecule is CC1CCC(COc2ncccc2C(NC(=O)C(C)c2ccc(NS(C)(=O)=O)c(F)c2)C(F)(F)F)CC1. The Morgan fingerprint density at radius 1 is 1.19 bits per heavy atom. The Kier molecular flexibility index (Phi) is 9.04. The van der Waals surface area contributed by atoms with E-state index in [0.717, 1.165) is 44.1 Å². The van der Waals surface area contributed by atoms with Gasteiger partial charge in [-0.25, -0.2) is 17.8 Å². The van der Waals surface area contributed by atoms with Gasteiger partial charge in [0.1, 0.15) is 5.82 Å². The van der Waals surface area contributed by atoms with Crippen LogP contribution in [0, 0.1) is 17.7 Å². The lowest BCUT2D eigenvalue weighted by Gasteiger charge is -2.28. The van der Waals surface area contributed by atoms with Gasteiger partial charge < -0.3 is 10.1 Å². The molecular weight excluding hydrogens is 514 g/mol. The van der Waals surface area contributed by atoms with Crippen LogP contribution in [0.25, 0.3) is 0 Å². The van der Waals surface area contributed by atoms with E-state index in [9.17, 15) is 30.8 Å². The molecule has 7 nitrogen and oxygen atoms in total. The Hall–Kier alpha value is -2.89. The number of hydrogen-bond acceptors (Lipinski definition) is 5. The number of halogens is 4. The van der Waals surface area contributed by atoms with Crippen molar-refractivity contribution < 1.29 is 35.5 Å². The van der Waals surface area contributed by atoms with E-state index in [4.69, 9.17) is 4.74 Å². The van der Waals surface area contributed by atoms with Crippen molar-refractivity contribution in [1.29, 1.82) is 0 Å². The van der Waals surface area contributed by atoms with E-state index in [1.165, 1.54) is 31.3 Å². The van der Waals surface area contributed by atoms with Crippen LogP contribution in [0.4, 0.5) is 23.2 Å². The highest BCUT2D eigenvalue weighted by atomic mass is 32.2. The number of benzene rings is 1. The van der Waals surface area contributed by atoms with Gasteiger partial charge in [-0.05, 0) is 61.4 Å². The number of carbonyl (C=O) groups is 1. The third kappa shape index (κ3) is 8.05. The lowest BCUT2D eigenvalue weighted by Crippen LogP contribution is -2.40. The monoisotopic (exact) mass is 545 g/mol. The Balaban J connectivity index is 1.77. The molecule has 37 heavy (non-hydrogen) atoms. The molecule has 0 saturated heterocycles. The molecule has 0 spiro atoms. The summed E-state index contributed by atoms with van der Waals surface area (Å²) < 4.78 is 87.1. The van der Waals surface area contributed by atoms with Gasteiger partial charge in [-0.1, -0.05) is 25.8 Å². The van der Waals surface area contributed by atoms with E-state index in [-0.39, 0.29) is 35.2 Å². The summed E-state index contributed by atoms with van der Waals surface area (Å²) in [5.41, 5.74) is -0.584. The molecule has 1 fully saturated rings. The number of ether oxygens (including phenoxy) is 1. The number of nitrogens with one attached hydrogen (secondary N) is 2. The second-order valence-corrected chi connectivity index (χ2v) is 11.4. The number of alkyl halides is 3. The van der Waals surface area contributed by atoms with Gasteiger partial charge in [-0.3, -0.25) is 9.52 Å². The molecular formula is C25H31F4N3O4S. The number of carbonyl (C=O) groups excluding carboxylic acids is 1. The van der Waals surface area contributed by atoms with E-state index in [2.05, 4.69) is 11.9 Å². The largest absolute Gasteiger partial charge is 0.477 e. The smallest absolute Gasteiger partial charge is 0.413 e. The molecule has 2 unspecified atom stereocenters. The summed E-state index contributed by atoms with van der Waals surface area (Å²) >= 11 is 0. The predicted molar refractivity (Wildman–Crippen MR) is 131 cm³/mol. The minimum absolute atomic E-state index is 0.0733. The van der Waals surface area contributed by atoms with Crippen molar-refractivity contribution in [2.45, 2.75) is 57.7 Å². The van der Waals surface area contributed by atoms with Gasteiger partial charge in [0.15, 0.2) is 6.04 Å². The summed E-state index contributed by atoms with van der Waals surface area (Å²) in [4.78, 5) is 16.8. The topological polar surface area (TPSA) is 97.4 Å². The molecule has 1 aromatic heterocycles. The van der Waals surface area contributed by atoms with Gasteiger partial charge in [0.25, 0.3) is 0 Å². The molecule has 204 valence electrons. The highest BCUT2D eigenvalue weighted by Crippen LogP contribution is 2.38. The molecule has 2 N–H and O–H groups in total. The van der Waals surface area contributed by atoms with Crippen molar-refractivity contribution in [3.05, 3.63) is 53.5 Å². The number of rotatable bonds is 9. The molecule has 0 aliphatic heterocycles. The first-order valence-electron chi connectivity index (χ1n) is 12.0. The Morgan fingerprint density at radius 3 is 2.46 bits per heavy atom. The van der Waals surface area contributed by atoms with E-state index in [0.29, 0.717) is 5.92 Å². The van der Waals surface area contributed by atoms with Crippen molar-refractivity contribution in [1.82, 2.24) is 10.3 Å². The predicted octanol–water partition coefficient (Wildman–Crippen LogP) is 5.32. The van der Waals surface area contributed by atoms with Crippen molar-refractivity contribution in [3.63, 3.8) is 0 Å². The van der Waals surface area contributed by atoms with Crippen LogP contribution in [-0.4, -0.2) is 38.3 Å². The molecule has 2 aromatic rings. The molecule has 2 atom stereocenters. The van der Waals surface area contributed by atoms with Gasteiger partial charge in [-0.2, -0.15) is 13.2 Å². The second kappa shape index (κ2) is 11.7. The van der Waals surface area contributed by atoms with Crippen LogP contribution in [-0.2, 0) is 14.8 Å². The maximum atomic E-state index is 14.4. The van der Waals surface area contributed by atoms with Crippen LogP contribution in [0.5, 0.6) is 5.88 Å². The quantitative estimate of drug-likeness (QED) is 0.416. The maximum Gasteiger partial charge on any atom is 0.413 e. The normalized spacial score (nSPS) is 20.1. The minimum Gasteiger partial charge on any atom is -0.477 e. The summed E-state index contributed by atoms with van der Waals surface area (Å²) in [5, 5.41) is 2.01. The minimum atomic E-state index is -4.86. The van der Waals surface area contributed by atoms with Crippen molar-refractivity contribution >= 4 is 21.6 Å². The van der Waals surface area contributed by atoms with Gasteiger partial charge in [0.2, 0.25) is 21.8 Å². The number of aromatic nitrogens is 1. The van der Waals surface area contributed by atoms with Crippen LogP contribution in [0.15, 0.2) is 36.5 Å². The number of hydrogen-bond donors (Lipinski definition) is 2. The molecule has 1 aromatic carbocycles. The molecule has 0 radical (unpaired) electrons. The van der Waals surface area contributed by atoms with E-state index in [1.54, 1.807) is 0 Å². The standard InChI is InChI=1S/C25H31F4N3O4S/c1-15-6-8-17(9-7-15)14-36-24-19(5-4-12-30-24)22(25(27,28)29)31-23(33)16(2)18-10-11-21(20(26)13-18)32-37(3,34)35/h4-5,10-13,15-17,22,32H,6-9,14H2,1-3H3,(H,31,33). The van der Waals surface area contributed by atoms with Gasteiger partial charge in [0.05, 0.1) is 24.5 Å². The lowest BCUT2D eigenvalue weighted by atomic mass is 9.83. The highest BCUT2D eigenvalue weighted by Gasteiger charge is 2.44. The van der Waals surface area contributed by atoms with Crippen LogP contribution in [0.3, 0.4) is 0 Å². The number of nitrogens with zero attached hydrogens (tertiary/aromatic N) is 1. The van der Waals surface area contributed by atoms with Crippen LogP contribution >= 0.6 is 0 Å². The zero-order valence-electron chi connectivity index (χ0n) is 20.8. The van der Waals surface area contributed by atoms with Crippen molar-refractivity contribution in [2.75, 3.05) is 17.6 Å². The average molecular weight is 546 g/mol. The summed E-state index contributed by atoms with van der Waals surface area (Å²) in [6.45, 7) is 3.73. The van der Waals surface area contributed by atoms with Crippen molar-refractivity contribution in [3.8, 4) is 5.88 Å². The molecule has 12 heteroatoms.